The molecule has 2 fully saturated rings. The Bertz CT molecular complexity index is 172. The van der Waals surface area contributed by atoms with Crippen LogP contribution in [0.3, 0.4) is 0 Å². The smallest absolute Gasteiger partial charge is 0.00190 e. The summed E-state index contributed by atoms with van der Waals surface area (Å²) in [7, 11) is 2.28. The molecule has 1 aliphatic carbocycles. The van der Waals surface area contributed by atoms with Crippen LogP contribution < -0.4 is 0 Å². The second-order valence-corrected chi connectivity index (χ2v) is 6.10. The second kappa shape index (κ2) is 6.64. The van der Waals surface area contributed by atoms with Gasteiger partial charge in [-0.1, -0.05) is 51.4 Å². The van der Waals surface area contributed by atoms with Gasteiger partial charge in [0.1, 0.15) is 0 Å². The fourth-order valence-electron chi connectivity index (χ4n) is 3.64. The number of rotatable bonds is 1. The lowest BCUT2D eigenvalue weighted by Crippen LogP contribution is -2.33. The highest BCUT2D eigenvalue weighted by Crippen LogP contribution is 2.33. The molecule has 1 saturated carbocycles. The first-order valence-corrected chi connectivity index (χ1v) is 7.55. The Morgan fingerprint density at radius 3 is 1.62 bits per heavy atom. The predicted molar refractivity (Wildman–Crippen MR) is 70.6 cm³/mol. The topological polar surface area (TPSA) is 3.24 Å². The van der Waals surface area contributed by atoms with Crippen molar-refractivity contribution in [3.05, 3.63) is 0 Å². The third kappa shape index (κ3) is 3.76. The summed E-state index contributed by atoms with van der Waals surface area (Å²) in [4.78, 5) is 2.51. The van der Waals surface area contributed by atoms with Gasteiger partial charge in [-0.15, -0.1) is 0 Å². The fourth-order valence-corrected chi connectivity index (χ4v) is 3.64. The van der Waals surface area contributed by atoms with Gasteiger partial charge in [-0.3, -0.25) is 0 Å². The number of likely N-dealkylation sites (tertiary alicyclic amines) is 1. The van der Waals surface area contributed by atoms with E-state index < -0.39 is 0 Å². The van der Waals surface area contributed by atoms with E-state index in [0.717, 1.165) is 11.8 Å². The van der Waals surface area contributed by atoms with Crippen LogP contribution in [0.5, 0.6) is 0 Å². The minimum atomic E-state index is 1.06. The van der Waals surface area contributed by atoms with Crippen LogP contribution in [0.4, 0.5) is 0 Å². The molecule has 0 radical (unpaired) electrons. The molecule has 1 heterocycles. The summed E-state index contributed by atoms with van der Waals surface area (Å²) in [5, 5.41) is 0. The number of nitrogens with zero attached hydrogens (tertiary/aromatic N) is 1. The molecule has 0 unspecified atom stereocenters. The van der Waals surface area contributed by atoms with E-state index in [0.29, 0.717) is 0 Å². The quantitative estimate of drug-likeness (QED) is 0.647. The van der Waals surface area contributed by atoms with Crippen molar-refractivity contribution in [3.8, 4) is 0 Å². The van der Waals surface area contributed by atoms with Crippen molar-refractivity contribution in [2.45, 2.75) is 64.2 Å². The number of hydrogen-bond acceptors (Lipinski definition) is 1. The van der Waals surface area contributed by atoms with Gasteiger partial charge >= 0.3 is 0 Å². The van der Waals surface area contributed by atoms with Gasteiger partial charge in [0.15, 0.2) is 0 Å². The minimum Gasteiger partial charge on any atom is -0.306 e. The van der Waals surface area contributed by atoms with Crippen molar-refractivity contribution in [1.29, 1.82) is 0 Å². The summed E-state index contributed by atoms with van der Waals surface area (Å²) in [6, 6.07) is 0. The number of piperidine rings is 1. The summed E-state index contributed by atoms with van der Waals surface area (Å²) in [6.45, 7) is 2.70. The third-order valence-corrected chi connectivity index (χ3v) is 4.83. The molecule has 2 rings (SSSR count). The van der Waals surface area contributed by atoms with E-state index in [9.17, 15) is 0 Å². The maximum Gasteiger partial charge on any atom is -0.00190 e. The lowest BCUT2D eigenvalue weighted by Gasteiger charge is -2.34. The lowest BCUT2D eigenvalue weighted by atomic mass is 9.79. The highest BCUT2D eigenvalue weighted by atomic mass is 15.1. The zero-order chi connectivity index (χ0) is 11.2. The normalized spacial score (nSPS) is 28.3. The number of hydrogen-bond donors (Lipinski definition) is 0. The van der Waals surface area contributed by atoms with E-state index in [1.807, 2.05) is 0 Å². The molecule has 0 bridgehead atoms. The monoisotopic (exact) mass is 223 g/mol. The van der Waals surface area contributed by atoms with Gasteiger partial charge in [0.2, 0.25) is 0 Å². The van der Waals surface area contributed by atoms with Gasteiger partial charge in [0, 0.05) is 0 Å². The Morgan fingerprint density at radius 2 is 1.06 bits per heavy atom. The lowest BCUT2D eigenvalue weighted by molar-refractivity contribution is 0.156. The van der Waals surface area contributed by atoms with Crippen molar-refractivity contribution in [3.63, 3.8) is 0 Å². The largest absolute Gasteiger partial charge is 0.306 e. The van der Waals surface area contributed by atoms with E-state index in [-0.39, 0.29) is 0 Å². The van der Waals surface area contributed by atoms with Gasteiger partial charge in [-0.05, 0) is 44.8 Å². The molecular weight excluding hydrogens is 194 g/mol. The van der Waals surface area contributed by atoms with E-state index in [1.54, 1.807) is 0 Å². The van der Waals surface area contributed by atoms with Gasteiger partial charge < -0.3 is 4.90 Å². The van der Waals surface area contributed by atoms with Crippen molar-refractivity contribution < 1.29 is 0 Å². The fraction of sp³-hybridized carbons (Fsp3) is 1.00. The van der Waals surface area contributed by atoms with E-state index in [2.05, 4.69) is 11.9 Å². The van der Waals surface area contributed by atoms with Crippen LogP contribution in [-0.2, 0) is 0 Å². The predicted octanol–water partition coefficient (Wildman–Crippen LogP) is 4.08. The summed E-state index contributed by atoms with van der Waals surface area (Å²) in [5.41, 5.74) is 0. The molecule has 1 saturated heterocycles. The zero-order valence-corrected chi connectivity index (χ0v) is 11.1. The Kier molecular flexibility index (Phi) is 5.15. The first kappa shape index (κ1) is 12.4. The molecule has 1 heteroatoms. The van der Waals surface area contributed by atoms with Crippen LogP contribution >= 0.6 is 0 Å². The summed E-state index contributed by atoms with van der Waals surface area (Å²) in [6.07, 6.45) is 15.0. The van der Waals surface area contributed by atoms with Crippen LogP contribution in [0.25, 0.3) is 0 Å². The average molecular weight is 223 g/mol. The van der Waals surface area contributed by atoms with Crippen LogP contribution in [0.2, 0.25) is 0 Å². The molecule has 2 aliphatic rings. The standard InChI is InChI=1S/C15H29N/c1-16-12-10-15(11-13-16)14-8-6-4-2-3-5-7-9-14/h14-15H,2-13H2,1H3. The first-order chi connectivity index (χ1) is 7.86. The highest BCUT2D eigenvalue weighted by molar-refractivity contribution is 4.77. The van der Waals surface area contributed by atoms with Crippen LogP contribution in [-0.4, -0.2) is 25.0 Å². The van der Waals surface area contributed by atoms with Crippen molar-refractivity contribution >= 4 is 0 Å². The third-order valence-electron chi connectivity index (χ3n) is 4.83. The zero-order valence-electron chi connectivity index (χ0n) is 11.1. The van der Waals surface area contributed by atoms with Crippen molar-refractivity contribution in [1.82, 2.24) is 4.90 Å². The molecule has 0 aromatic carbocycles. The molecule has 0 aromatic heterocycles. The van der Waals surface area contributed by atoms with Gasteiger partial charge in [0.25, 0.3) is 0 Å². The Hall–Kier alpha value is -0.0400. The van der Waals surface area contributed by atoms with Crippen molar-refractivity contribution in [2.24, 2.45) is 11.8 Å². The molecule has 16 heavy (non-hydrogen) atoms. The molecule has 0 N–H and O–H groups in total. The molecule has 0 amide bonds. The average Bonchev–Trinajstić information content (AvgIpc) is 2.43. The summed E-state index contributed by atoms with van der Waals surface area (Å²) < 4.78 is 0. The van der Waals surface area contributed by atoms with Crippen LogP contribution in [0, 0.1) is 11.8 Å². The minimum absolute atomic E-state index is 1.06. The molecule has 0 spiro atoms. The maximum absolute atomic E-state index is 2.51. The maximum atomic E-state index is 2.51. The van der Waals surface area contributed by atoms with Gasteiger partial charge in [0.05, 0.1) is 0 Å². The Morgan fingerprint density at radius 1 is 0.625 bits per heavy atom. The Labute approximate surface area is 102 Å². The summed E-state index contributed by atoms with van der Waals surface area (Å²) in [5.74, 6) is 2.14. The molecule has 1 nitrogen and oxygen atoms in total. The van der Waals surface area contributed by atoms with Crippen LogP contribution in [0.1, 0.15) is 64.2 Å². The highest BCUT2D eigenvalue weighted by Gasteiger charge is 2.24. The van der Waals surface area contributed by atoms with Gasteiger partial charge in [-0.2, -0.15) is 0 Å². The van der Waals surface area contributed by atoms with Crippen molar-refractivity contribution in [2.75, 3.05) is 20.1 Å². The Balaban J connectivity index is 1.80. The SMILES string of the molecule is CN1CCC(C2CCCCCCCC2)CC1. The van der Waals surface area contributed by atoms with E-state index >= 15 is 0 Å². The van der Waals surface area contributed by atoms with Gasteiger partial charge in [-0.25, -0.2) is 0 Å². The molecule has 1 aliphatic heterocycles. The van der Waals surface area contributed by atoms with E-state index in [1.165, 1.54) is 77.3 Å². The van der Waals surface area contributed by atoms with Crippen LogP contribution in [0.15, 0.2) is 0 Å². The molecule has 0 aromatic rings. The first-order valence-electron chi connectivity index (χ1n) is 7.55. The summed E-state index contributed by atoms with van der Waals surface area (Å²) >= 11 is 0. The molecule has 94 valence electrons. The second-order valence-electron chi connectivity index (χ2n) is 6.10. The van der Waals surface area contributed by atoms with E-state index in [4.69, 9.17) is 0 Å². The molecule has 0 atom stereocenters. The molecular formula is C15H29N.